The molecule has 1 heterocycles. The number of phenolic OH excluding ortho intramolecular Hbond substituents is 1. The number of aryl methyl sites for hydroxylation is 2. The lowest BCUT2D eigenvalue weighted by Gasteiger charge is -2.17. The van der Waals surface area contributed by atoms with Crippen molar-refractivity contribution in [3.05, 3.63) is 62.0 Å². The number of rotatable bonds is 4. The number of alkyl halides is 3. The van der Waals surface area contributed by atoms with E-state index in [1.54, 1.807) is 32.8 Å². The standard InChI is InChI=1S/C21H19ClF3NO4/c1-10-7-12(8-11(2)16(10)22)29-19-17(28)13-5-6-15(27)14(9-26(3)4)18(13)30-20(19)21(23,24)25/h5-8,27H,9H2,1-4H3. The largest absolute Gasteiger partial charge is 0.507 e. The van der Waals surface area contributed by atoms with Gasteiger partial charge in [0, 0.05) is 11.6 Å². The van der Waals surface area contributed by atoms with E-state index < -0.39 is 23.1 Å². The van der Waals surface area contributed by atoms with Crippen LogP contribution in [-0.4, -0.2) is 24.1 Å². The van der Waals surface area contributed by atoms with E-state index in [0.717, 1.165) is 0 Å². The average Bonchev–Trinajstić information content (AvgIpc) is 2.62. The molecule has 2 aromatic carbocycles. The Hall–Kier alpha value is -2.71. The summed E-state index contributed by atoms with van der Waals surface area (Å²) in [5.41, 5.74) is -0.0808. The lowest BCUT2D eigenvalue weighted by molar-refractivity contribution is -0.154. The first-order valence-electron chi connectivity index (χ1n) is 8.88. The minimum Gasteiger partial charge on any atom is -0.507 e. The summed E-state index contributed by atoms with van der Waals surface area (Å²) in [5.74, 6) is -2.79. The highest BCUT2D eigenvalue weighted by Crippen LogP contribution is 2.40. The van der Waals surface area contributed by atoms with Gasteiger partial charge < -0.3 is 19.2 Å². The number of hydrogen-bond donors (Lipinski definition) is 1. The fraction of sp³-hybridized carbons (Fsp3) is 0.286. The normalized spacial score (nSPS) is 12.0. The lowest BCUT2D eigenvalue weighted by atomic mass is 10.1. The number of nitrogens with zero attached hydrogens (tertiary/aromatic N) is 1. The average molecular weight is 442 g/mol. The topological polar surface area (TPSA) is 62.9 Å². The molecule has 3 aromatic rings. The molecule has 0 aliphatic heterocycles. The third-order valence-electron chi connectivity index (χ3n) is 4.46. The van der Waals surface area contributed by atoms with E-state index in [1.165, 1.54) is 24.3 Å². The summed E-state index contributed by atoms with van der Waals surface area (Å²) in [4.78, 5) is 14.6. The molecular weight excluding hydrogens is 423 g/mol. The van der Waals surface area contributed by atoms with Crippen LogP contribution in [0.4, 0.5) is 13.2 Å². The highest BCUT2D eigenvalue weighted by molar-refractivity contribution is 6.32. The van der Waals surface area contributed by atoms with Crippen molar-refractivity contribution >= 4 is 22.6 Å². The zero-order valence-corrected chi connectivity index (χ0v) is 17.4. The molecule has 3 rings (SSSR count). The van der Waals surface area contributed by atoms with Gasteiger partial charge in [-0.15, -0.1) is 0 Å². The van der Waals surface area contributed by atoms with E-state index in [9.17, 15) is 23.1 Å². The maximum Gasteiger partial charge on any atom is 0.453 e. The molecule has 0 aliphatic carbocycles. The zero-order chi connectivity index (χ0) is 22.4. The number of halogens is 4. The van der Waals surface area contributed by atoms with Crippen LogP contribution in [0.25, 0.3) is 11.0 Å². The van der Waals surface area contributed by atoms with Crippen molar-refractivity contribution in [2.45, 2.75) is 26.6 Å². The molecule has 9 heteroatoms. The molecule has 0 spiro atoms. The van der Waals surface area contributed by atoms with E-state index >= 15 is 0 Å². The minimum atomic E-state index is -5.00. The Labute approximate surface area is 175 Å². The molecule has 0 radical (unpaired) electrons. The van der Waals surface area contributed by atoms with Gasteiger partial charge in [-0.05, 0) is 63.3 Å². The van der Waals surface area contributed by atoms with Crippen molar-refractivity contribution in [3.8, 4) is 17.2 Å². The van der Waals surface area contributed by atoms with Crippen molar-refractivity contribution in [2.75, 3.05) is 14.1 Å². The molecule has 0 saturated heterocycles. The van der Waals surface area contributed by atoms with Crippen molar-refractivity contribution in [3.63, 3.8) is 0 Å². The van der Waals surface area contributed by atoms with Gasteiger partial charge in [0.15, 0.2) is 0 Å². The van der Waals surface area contributed by atoms with Crippen LogP contribution in [0.1, 0.15) is 22.5 Å². The number of hydrogen-bond acceptors (Lipinski definition) is 5. The van der Waals surface area contributed by atoms with Gasteiger partial charge in [0.1, 0.15) is 17.1 Å². The Kier molecular flexibility index (Phi) is 5.75. The lowest BCUT2D eigenvalue weighted by Crippen LogP contribution is -2.17. The highest BCUT2D eigenvalue weighted by Gasteiger charge is 2.41. The van der Waals surface area contributed by atoms with Gasteiger partial charge in [-0.25, -0.2) is 0 Å². The van der Waals surface area contributed by atoms with E-state index in [2.05, 4.69) is 0 Å². The summed E-state index contributed by atoms with van der Waals surface area (Å²) in [6, 6.07) is 5.33. The molecule has 5 nitrogen and oxygen atoms in total. The summed E-state index contributed by atoms with van der Waals surface area (Å²) in [6.45, 7) is 3.41. The Bertz CT molecular complexity index is 1160. The first-order valence-corrected chi connectivity index (χ1v) is 9.26. The van der Waals surface area contributed by atoms with Gasteiger partial charge in [-0.3, -0.25) is 4.79 Å². The molecule has 0 bridgehead atoms. The smallest absolute Gasteiger partial charge is 0.453 e. The van der Waals surface area contributed by atoms with E-state index in [-0.39, 0.29) is 34.6 Å². The number of benzene rings is 2. The van der Waals surface area contributed by atoms with Crippen LogP contribution in [-0.2, 0) is 12.7 Å². The Balaban J connectivity index is 2.30. The second-order valence-electron chi connectivity index (χ2n) is 7.24. The first kappa shape index (κ1) is 22.0. The number of fused-ring (bicyclic) bond motifs is 1. The summed E-state index contributed by atoms with van der Waals surface area (Å²) >= 11 is 6.10. The van der Waals surface area contributed by atoms with Crippen LogP contribution in [0, 0.1) is 13.8 Å². The Morgan fingerprint density at radius 1 is 1.17 bits per heavy atom. The summed E-state index contributed by atoms with van der Waals surface area (Å²) in [5, 5.41) is 10.4. The monoisotopic (exact) mass is 441 g/mol. The molecule has 0 atom stereocenters. The van der Waals surface area contributed by atoms with E-state index in [0.29, 0.717) is 16.1 Å². The zero-order valence-electron chi connectivity index (χ0n) is 16.6. The van der Waals surface area contributed by atoms with Gasteiger partial charge in [0.25, 0.3) is 5.76 Å². The third kappa shape index (κ3) is 4.11. The molecule has 160 valence electrons. The second-order valence-corrected chi connectivity index (χ2v) is 7.62. The summed E-state index contributed by atoms with van der Waals surface area (Å²) in [7, 11) is 3.34. The Morgan fingerprint density at radius 2 is 1.77 bits per heavy atom. The SMILES string of the molecule is Cc1cc(Oc2c(C(F)(F)F)oc3c(CN(C)C)c(O)ccc3c2=O)cc(C)c1Cl. The predicted molar refractivity (Wildman–Crippen MR) is 108 cm³/mol. The van der Waals surface area contributed by atoms with E-state index in [1.807, 2.05) is 0 Å². The van der Waals surface area contributed by atoms with E-state index in [4.69, 9.17) is 20.8 Å². The molecule has 0 saturated carbocycles. The van der Waals surface area contributed by atoms with Crippen LogP contribution in [0.2, 0.25) is 5.02 Å². The van der Waals surface area contributed by atoms with Gasteiger partial charge in [-0.2, -0.15) is 13.2 Å². The summed E-state index contributed by atoms with van der Waals surface area (Å²) in [6.07, 6.45) is -5.00. The van der Waals surface area contributed by atoms with Gasteiger partial charge in [0.05, 0.1) is 10.9 Å². The van der Waals surface area contributed by atoms with Gasteiger partial charge in [0.2, 0.25) is 11.2 Å². The molecule has 0 amide bonds. The predicted octanol–water partition coefficient (Wildman–Crippen LogP) is 5.64. The first-order chi connectivity index (χ1) is 13.9. The maximum absolute atomic E-state index is 13.8. The number of aromatic hydroxyl groups is 1. The highest BCUT2D eigenvalue weighted by atomic mass is 35.5. The van der Waals surface area contributed by atoms with Crippen LogP contribution >= 0.6 is 11.6 Å². The van der Waals surface area contributed by atoms with Crippen LogP contribution in [0.3, 0.4) is 0 Å². The fourth-order valence-electron chi connectivity index (χ4n) is 3.12. The molecule has 0 fully saturated rings. The Morgan fingerprint density at radius 3 is 2.30 bits per heavy atom. The van der Waals surface area contributed by atoms with Crippen LogP contribution < -0.4 is 10.2 Å². The molecule has 1 aromatic heterocycles. The van der Waals surface area contributed by atoms with Crippen molar-refractivity contribution in [2.24, 2.45) is 0 Å². The van der Waals surface area contributed by atoms with Gasteiger partial charge >= 0.3 is 6.18 Å². The van der Waals surface area contributed by atoms with Crippen molar-refractivity contribution < 1.29 is 27.4 Å². The minimum absolute atomic E-state index is 0.0267. The molecule has 0 aliphatic rings. The van der Waals surface area contributed by atoms with Gasteiger partial charge in [-0.1, -0.05) is 11.6 Å². The fourth-order valence-corrected chi connectivity index (χ4v) is 3.23. The van der Waals surface area contributed by atoms with Crippen LogP contribution in [0.5, 0.6) is 17.2 Å². The maximum atomic E-state index is 13.8. The van der Waals surface area contributed by atoms with Crippen LogP contribution in [0.15, 0.2) is 33.5 Å². The number of ether oxygens (including phenoxy) is 1. The molecular formula is C21H19ClF3NO4. The third-order valence-corrected chi connectivity index (χ3v) is 5.05. The molecule has 0 unspecified atom stereocenters. The summed E-state index contributed by atoms with van der Waals surface area (Å²) < 4.78 is 51.8. The molecule has 30 heavy (non-hydrogen) atoms. The van der Waals surface area contributed by atoms with Crippen molar-refractivity contribution in [1.82, 2.24) is 4.90 Å². The second kappa shape index (κ2) is 7.85. The quantitative estimate of drug-likeness (QED) is 0.567. The van der Waals surface area contributed by atoms with Crippen molar-refractivity contribution in [1.29, 1.82) is 0 Å². The number of phenols is 1. The molecule has 1 N–H and O–H groups in total.